The average molecular weight is 295 g/mol. The summed E-state index contributed by atoms with van der Waals surface area (Å²) in [6.45, 7) is 0. The first-order valence-corrected chi connectivity index (χ1v) is 6.78. The Morgan fingerprint density at radius 2 is 1.77 bits per heavy atom. The van der Waals surface area contributed by atoms with Crippen molar-refractivity contribution in [3.8, 4) is 11.3 Å². The van der Waals surface area contributed by atoms with Gasteiger partial charge in [0, 0.05) is 24.5 Å². The number of amides is 1. The normalized spacial score (nSPS) is 10.5. The van der Waals surface area contributed by atoms with Gasteiger partial charge in [-0.25, -0.2) is 14.2 Å². The maximum Gasteiger partial charge on any atom is 0.333 e. The molecule has 0 fully saturated rings. The van der Waals surface area contributed by atoms with Gasteiger partial charge in [-0.05, 0) is 36.4 Å². The number of halogens is 1. The van der Waals surface area contributed by atoms with Crippen LogP contribution in [0.4, 0.5) is 14.9 Å². The maximum absolute atomic E-state index is 12.9. The number of hydrogen-bond acceptors (Lipinski definition) is 2. The molecule has 3 aromatic rings. The van der Waals surface area contributed by atoms with E-state index in [0.29, 0.717) is 5.69 Å². The molecule has 1 heterocycles. The van der Waals surface area contributed by atoms with Crippen LogP contribution in [0.15, 0.2) is 67.1 Å². The Balaban J connectivity index is 1.84. The number of benzene rings is 2. The van der Waals surface area contributed by atoms with Crippen molar-refractivity contribution in [1.29, 1.82) is 0 Å². The van der Waals surface area contributed by atoms with Crippen LogP contribution in [0.5, 0.6) is 0 Å². The number of carbonyl (C=O) groups excluding carboxylic acids is 1. The molecule has 0 unspecified atom stereocenters. The highest BCUT2D eigenvalue weighted by molar-refractivity contribution is 5.93. The molecule has 4 nitrogen and oxygen atoms in total. The number of rotatable bonds is 2. The highest BCUT2D eigenvalue weighted by atomic mass is 19.1. The van der Waals surface area contributed by atoms with E-state index >= 15 is 0 Å². The summed E-state index contributed by atoms with van der Waals surface area (Å²) in [5, 5.41) is 0. The van der Waals surface area contributed by atoms with Gasteiger partial charge >= 0.3 is 6.03 Å². The first-order valence-electron chi connectivity index (χ1n) is 6.78. The lowest BCUT2D eigenvalue weighted by Gasteiger charge is -2.16. The second-order valence-corrected chi connectivity index (χ2v) is 4.85. The molecule has 3 rings (SSSR count). The van der Waals surface area contributed by atoms with Crippen molar-refractivity contribution in [2.24, 2.45) is 0 Å². The monoisotopic (exact) mass is 295 g/mol. The van der Waals surface area contributed by atoms with Crippen molar-refractivity contribution >= 4 is 11.7 Å². The highest BCUT2D eigenvalue weighted by Crippen LogP contribution is 2.18. The Bertz CT molecular complexity index is 781. The van der Waals surface area contributed by atoms with Gasteiger partial charge in [-0.15, -0.1) is 0 Å². The second kappa shape index (κ2) is 5.81. The minimum atomic E-state index is -0.303. The van der Waals surface area contributed by atoms with Crippen LogP contribution in [0, 0.1) is 5.82 Å². The molecule has 0 bridgehead atoms. The molecule has 0 saturated heterocycles. The summed E-state index contributed by atoms with van der Waals surface area (Å²) in [7, 11) is 1.70. The number of imidazole rings is 1. The predicted molar refractivity (Wildman–Crippen MR) is 83.3 cm³/mol. The molecule has 1 amide bonds. The fraction of sp³-hybridized carbons (Fsp3) is 0.0588. The largest absolute Gasteiger partial charge is 0.333 e. The van der Waals surface area contributed by atoms with Crippen LogP contribution >= 0.6 is 0 Å². The van der Waals surface area contributed by atoms with E-state index in [1.807, 2.05) is 30.3 Å². The lowest BCUT2D eigenvalue weighted by Crippen LogP contribution is -2.30. The van der Waals surface area contributed by atoms with Gasteiger partial charge in [0.05, 0.1) is 5.69 Å². The fourth-order valence-corrected chi connectivity index (χ4v) is 2.13. The standard InChI is InChI=1S/C17H14FN3O/c1-20(15-5-3-2-4-6-15)17(22)21-11-16(19-12-21)13-7-9-14(18)10-8-13/h2-12H,1H3. The third kappa shape index (κ3) is 2.74. The van der Waals surface area contributed by atoms with Crippen molar-refractivity contribution in [2.75, 3.05) is 11.9 Å². The number of nitrogens with zero attached hydrogens (tertiary/aromatic N) is 3. The maximum atomic E-state index is 12.9. The SMILES string of the molecule is CN(C(=O)n1cnc(-c2ccc(F)cc2)c1)c1ccccc1. The van der Waals surface area contributed by atoms with Gasteiger partial charge in [-0.2, -0.15) is 0 Å². The van der Waals surface area contributed by atoms with E-state index in [1.54, 1.807) is 25.4 Å². The molecule has 1 aromatic heterocycles. The molecule has 0 spiro atoms. The van der Waals surface area contributed by atoms with Gasteiger partial charge in [-0.3, -0.25) is 9.47 Å². The quantitative estimate of drug-likeness (QED) is 0.721. The van der Waals surface area contributed by atoms with Gasteiger partial charge in [0.25, 0.3) is 0 Å². The minimum Gasteiger partial charge on any atom is -0.297 e. The van der Waals surface area contributed by atoms with E-state index < -0.39 is 0 Å². The van der Waals surface area contributed by atoms with Crippen LogP contribution in [0.2, 0.25) is 0 Å². The fourth-order valence-electron chi connectivity index (χ4n) is 2.13. The average Bonchev–Trinajstić information content (AvgIpc) is 3.05. The number of anilines is 1. The van der Waals surface area contributed by atoms with E-state index in [1.165, 1.54) is 27.9 Å². The summed E-state index contributed by atoms with van der Waals surface area (Å²) < 4.78 is 14.4. The third-order valence-corrected chi connectivity index (χ3v) is 3.37. The summed E-state index contributed by atoms with van der Waals surface area (Å²) in [5.74, 6) is -0.303. The Morgan fingerprint density at radius 1 is 1.09 bits per heavy atom. The zero-order chi connectivity index (χ0) is 15.5. The lowest BCUT2D eigenvalue weighted by molar-refractivity contribution is 0.249. The molecule has 0 aliphatic heterocycles. The number of aromatic nitrogens is 2. The smallest absolute Gasteiger partial charge is 0.297 e. The number of carbonyl (C=O) groups is 1. The van der Waals surface area contributed by atoms with Gasteiger partial charge < -0.3 is 0 Å². The molecule has 5 heteroatoms. The third-order valence-electron chi connectivity index (χ3n) is 3.37. The molecule has 0 aliphatic rings. The van der Waals surface area contributed by atoms with E-state index in [-0.39, 0.29) is 11.8 Å². The van der Waals surface area contributed by atoms with Crippen molar-refractivity contribution in [1.82, 2.24) is 9.55 Å². The second-order valence-electron chi connectivity index (χ2n) is 4.85. The lowest BCUT2D eigenvalue weighted by atomic mass is 10.2. The summed E-state index contributed by atoms with van der Waals surface area (Å²) in [6.07, 6.45) is 3.09. The van der Waals surface area contributed by atoms with Crippen molar-refractivity contribution in [2.45, 2.75) is 0 Å². The summed E-state index contributed by atoms with van der Waals surface area (Å²) in [6, 6.07) is 15.1. The molecule has 0 radical (unpaired) electrons. The van der Waals surface area contributed by atoms with Gasteiger partial charge in [0.15, 0.2) is 0 Å². The molecule has 0 atom stereocenters. The molecule has 0 saturated carbocycles. The summed E-state index contributed by atoms with van der Waals surface area (Å²) in [5.41, 5.74) is 2.18. The summed E-state index contributed by atoms with van der Waals surface area (Å²) >= 11 is 0. The van der Waals surface area contributed by atoms with Crippen molar-refractivity contribution in [3.63, 3.8) is 0 Å². The van der Waals surface area contributed by atoms with Crippen LogP contribution in [0.25, 0.3) is 11.3 Å². The zero-order valence-corrected chi connectivity index (χ0v) is 12.0. The van der Waals surface area contributed by atoms with Gasteiger partial charge in [-0.1, -0.05) is 18.2 Å². The minimum absolute atomic E-state index is 0.216. The molecular formula is C17H14FN3O. The molecule has 0 aliphatic carbocycles. The zero-order valence-electron chi connectivity index (χ0n) is 12.0. The Hall–Kier alpha value is -2.95. The first-order chi connectivity index (χ1) is 10.6. The van der Waals surface area contributed by atoms with Crippen molar-refractivity contribution < 1.29 is 9.18 Å². The Kier molecular flexibility index (Phi) is 3.70. The van der Waals surface area contributed by atoms with Crippen LogP contribution in [-0.4, -0.2) is 22.6 Å². The van der Waals surface area contributed by atoms with Gasteiger partial charge in [0.1, 0.15) is 12.1 Å². The molecule has 110 valence electrons. The summed E-state index contributed by atoms with van der Waals surface area (Å²) in [4.78, 5) is 18.2. The molecule has 0 N–H and O–H groups in total. The van der Waals surface area contributed by atoms with Crippen LogP contribution < -0.4 is 4.90 Å². The molecule has 2 aromatic carbocycles. The highest BCUT2D eigenvalue weighted by Gasteiger charge is 2.14. The van der Waals surface area contributed by atoms with E-state index in [4.69, 9.17) is 0 Å². The number of para-hydroxylation sites is 1. The van der Waals surface area contributed by atoms with Gasteiger partial charge in [0.2, 0.25) is 0 Å². The first kappa shape index (κ1) is 14.0. The van der Waals surface area contributed by atoms with E-state index in [0.717, 1.165) is 11.3 Å². The van der Waals surface area contributed by atoms with Crippen LogP contribution in [0.1, 0.15) is 0 Å². The molecular weight excluding hydrogens is 281 g/mol. The van der Waals surface area contributed by atoms with Crippen LogP contribution in [0.3, 0.4) is 0 Å². The topological polar surface area (TPSA) is 38.1 Å². The van der Waals surface area contributed by atoms with Crippen molar-refractivity contribution in [3.05, 3.63) is 72.9 Å². The number of hydrogen-bond donors (Lipinski definition) is 0. The Labute approximate surface area is 127 Å². The van der Waals surface area contributed by atoms with E-state index in [2.05, 4.69) is 4.98 Å². The van der Waals surface area contributed by atoms with Crippen LogP contribution in [-0.2, 0) is 0 Å². The van der Waals surface area contributed by atoms with E-state index in [9.17, 15) is 9.18 Å². The Morgan fingerprint density at radius 3 is 2.45 bits per heavy atom. The predicted octanol–water partition coefficient (Wildman–Crippen LogP) is 3.79. The molecule has 22 heavy (non-hydrogen) atoms.